The molecule has 3 rings (SSSR count). The summed E-state index contributed by atoms with van der Waals surface area (Å²) in [6.45, 7) is 7.28. The van der Waals surface area contributed by atoms with Gasteiger partial charge in [-0.3, -0.25) is 4.99 Å². The summed E-state index contributed by atoms with van der Waals surface area (Å²) in [5.74, 6) is 1.73. The van der Waals surface area contributed by atoms with Crippen molar-refractivity contribution in [3.63, 3.8) is 0 Å². The summed E-state index contributed by atoms with van der Waals surface area (Å²) in [7, 11) is 0. The van der Waals surface area contributed by atoms with E-state index in [-0.39, 0.29) is 6.10 Å². The van der Waals surface area contributed by atoms with Crippen LogP contribution in [0, 0.1) is 0 Å². The summed E-state index contributed by atoms with van der Waals surface area (Å²) in [4.78, 5) is 17.1. The monoisotopic (exact) mass is 557 g/mol. The molecule has 0 aliphatic rings. The molecule has 0 fully saturated rings. The summed E-state index contributed by atoms with van der Waals surface area (Å²) < 4.78 is 17.4. The Morgan fingerprint density at radius 2 is 1.29 bits per heavy atom. The van der Waals surface area contributed by atoms with E-state index >= 15 is 0 Å². The molecule has 220 valence electrons. The number of hydrogen-bond acceptors (Lipinski definition) is 5. The van der Waals surface area contributed by atoms with Gasteiger partial charge in [0.05, 0.1) is 24.0 Å². The van der Waals surface area contributed by atoms with E-state index in [4.69, 9.17) is 14.2 Å². The number of nitrogens with zero attached hydrogens (tertiary/aromatic N) is 1. The molecule has 0 aliphatic carbocycles. The molecule has 41 heavy (non-hydrogen) atoms. The van der Waals surface area contributed by atoms with Crippen molar-refractivity contribution in [1.29, 1.82) is 0 Å². The summed E-state index contributed by atoms with van der Waals surface area (Å²) >= 11 is 0. The Morgan fingerprint density at radius 1 is 0.707 bits per heavy atom. The molecule has 1 atom stereocenters. The maximum Gasteiger partial charge on any atom is 0.343 e. The number of esters is 1. The Morgan fingerprint density at radius 3 is 1.98 bits per heavy atom. The minimum absolute atomic E-state index is 0.210. The van der Waals surface area contributed by atoms with Crippen molar-refractivity contribution in [3.05, 3.63) is 83.9 Å². The van der Waals surface area contributed by atoms with Crippen molar-refractivity contribution >= 4 is 17.9 Å². The van der Waals surface area contributed by atoms with E-state index < -0.39 is 5.97 Å². The third kappa shape index (κ3) is 12.6. The van der Waals surface area contributed by atoms with Gasteiger partial charge in [-0.25, -0.2) is 4.79 Å². The molecular weight excluding hydrogens is 510 g/mol. The van der Waals surface area contributed by atoms with E-state index in [1.54, 1.807) is 30.5 Å². The predicted octanol–water partition coefficient (Wildman–Crippen LogP) is 10.1. The maximum absolute atomic E-state index is 12.6. The van der Waals surface area contributed by atoms with E-state index in [2.05, 4.69) is 25.8 Å². The van der Waals surface area contributed by atoms with Gasteiger partial charge in [-0.1, -0.05) is 65.2 Å². The standard InChI is InChI=1S/C36H47NO4/c1-4-6-8-10-11-13-27-39-33-23-17-31(18-24-33)36(38)41-35-21-15-30(16-22-35)28-37-32-19-25-34(26-20-32)40-29(3)14-12-9-7-5-2/h15-26,28-29H,4-14,27H2,1-3H3/t29-/m1/s1. The van der Waals surface area contributed by atoms with Crippen LogP contribution in [0.1, 0.15) is 107 Å². The predicted molar refractivity (Wildman–Crippen MR) is 169 cm³/mol. The van der Waals surface area contributed by atoms with Crippen LogP contribution in [0.5, 0.6) is 17.2 Å². The average Bonchev–Trinajstić information content (AvgIpc) is 2.99. The van der Waals surface area contributed by atoms with Crippen LogP contribution < -0.4 is 14.2 Å². The average molecular weight is 558 g/mol. The molecule has 0 amide bonds. The molecule has 0 aliphatic heterocycles. The van der Waals surface area contributed by atoms with Crippen LogP contribution in [-0.2, 0) is 0 Å². The Balaban J connectivity index is 1.40. The van der Waals surface area contributed by atoms with Crippen LogP contribution in [0.4, 0.5) is 5.69 Å². The van der Waals surface area contributed by atoms with Gasteiger partial charge < -0.3 is 14.2 Å². The third-order valence-corrected chi connectivity index (χ3v) is 6.95. The minimum atomic E-state index is -0.397. The topological polar surface area (TPSA) is 57.1 Å². The van der Waals surface area contributed by atoms with Gasteiger partial charge in [-0.2, -0.15) is 0 Å². The number of aliphatic imine (C=N–C) groups is 1. The molecule has 0 aromatic heterocycles. The largest absolute Gasteiger partial charge is 0.494 e. The Hall–Kier alpha value is -3.60. The second-order valence-corrected chi connectivity index (χ2v) is 10.6. The quantitative estimate of drug-likeness (QED) is 0.0637. The van der Waals surface area contributed by atoms with E-state index in [0.29, 0.717) is 17.9 Å². The first kappa shape index (κ1) is 31.9. The van der Waals surface area contributed by atoms with Crippen molar-refractivity contribution in [1.82, 2.24) is 0 Å². The summed E-state index contributed by atoms with van der Waals surface area (Å²) in [6.07, 6.45) is 15.5. The summed E-state index contributed by atoms with van der Waals surface area (Å²) in [6, 6.07) is 22.3. The summed E-state index contributed by atoms with van der Waals surface area (Å²) in [5.41, 5.74) is 2.25. The molecule has 5 nitrogen and oxygen atoms in total. The fraction of sp³-hybridized carbons (Fsp3) is 0.444. The molecule has 3 aromatic carbocycles. The van der Waals surface area contributed by atoms with Gasteiger partial charge in [0, 0.05) is 6.21 Å². The molecule has 0 saturated heterocycles. The first-order chi connectivity index (χ1) is 20.1. The van der Waals surface area contributed by atoms with Gasteiger partial charge in [-0.15, -0.1) is 0 Å². The highest BCUT2D eigenvalue weighted by Gasteiger charge is 2.09. The SMILES string of the molecule is CCCCCCCCOc1ccc(C(=O)Oc2ccc(C=Nc3ccc(O[C@H](C)CCCCCC)cc3)cc2)cc1. The number of rotatable bonds is 19. The lowest BCUT2D eigenvalue weighted by atomic mass is 10.1. The zero-order chi connectivity index (χ0) is 29.1. The highest BCUT2D eigenvalue weighted by Crippen LogP contribution is 2.21. The molecule has 0 heterocycles. The highest BCUT2D eigenvalue weighted by atomic mass is 16.5. The van der Waals surface area contributed by atoms with Crippen LogP contribution in [-0.4, -0.2) is 24.9 Å². The number of carbonyl (C=O) groups is 1. The van der Waals surface area contributed by atoms with E-state index in [1.807, 2.05) is 48.5 Å². The zero-order valence-corrected chi connectivity index (χ0v) is 25.1. The van der Waals surface area contributed by atoms with E-state index in [9.17, 15) is 4.79 Å². The van der Waals surface area contributed by atoms with Crippen molar-refractivity contribution < 1.29 is 19.0 Å². The van der Waals surface area contributed by atoms with Crippen molar-refractivity contribution in [2.75, 3.05) is 6.61 Å². The lowest BCUT2D eigenvalue weighted by molar-refractivity contribution is 0.0734. The Bertz CT molecular complexity index is 1150. The maximum atomic E-state index is 12.6. The molecular formula is C36H47NO4. The normalized spacial score (nSPS) is 11.9. The number of hydrogen-bond donors (Lipinski definition) is 0. The Kier molecular flexibility index (Phi) is 14.6. The molecule has 3 aromatic rings. The second kappa shape index (κ2) is 18.7. The highest BCUT2D eigenvalue weighted by molar-refractivity contribution is 5.91. The van der Waals surface area contributed by atoms with Gasteiger partial charge >= 0.3 is 5.97 Å². The fourth-order valence-electron chi connectivity index (χ4n) is 4.46. The molecule has 0 bridgehead atoms. The molecule has 0 spiro atoms. The fourth-order valence-corrected chi connectivity index (χ4v) is 4.46. The van der Waals surface area contributed by atoms with Gasteiger partial charge in [-0.05, 0) is 105 Å². The molecule has 0 saturated carbocycles. The number of unbranched alkanes of at least 4 members (excludes halogenated alkanes) is 8. The lowest BCUT2D eigenvalue weighted by Gasteiger charge is -2.14. The van der Waals surface area contributed by atoms with Crippen LogP contribution >= 0.6 is 0 Å². The number of ether oxygens (including phenoxy) is 3. The van der Waals surface area contributed by atoms with Crippen molar-refractivity contribution in [2.45, 2.75) is 97.5 Å². The van der Waals surface area contributed by atoms with Crippen molar-refractivity contribution in [3.8, 4) is 17.2 Å². The van der Waals surface area contributed by atoms with Gasteiger partial charge in [0.15, 0.2) is 0 Å². The molecule has 0 N–H and O–H groups in total. The van der Waals surface area contributed by atoms with Crippen molar-refractivity contribution in [2.24, 2.45) is 4.99 Å². The number of benzene rings is 3. The smallest absolute Gasteiger partial charge is 0.343 e. The van der Waals surface area contributed by atoms with Gasteiger partial charge in [0.2, 0.25) is 0 Å². The van der Waals surface area contributed by atoms with E-state index in [1.165, 1.54) is 57.8 Å². The molecule has 0 radical (unpaired) electrons. The van der Waals surface area contributed by atoms with Crippen LogP contribution in [0.3, 0.4) is 0 Å². The van der Waals surface area contributed by atoms with Gasteiger partial charge in [0.25, 0.3) is 0 Å². The van der Waals surface area contributed by atoms with E-state index in [0.717, 1.165) is 35.6 Å². The lowest BCUT2D eigenvalue weighted by Crippen LogP contribution is -2.11. The zero-order valence-electron chi connectivity index (χ0n) is 25.1. The molecule has 5 heteroatoms. The van der Waals surface area contributed by atoms with Crippen LogP contribution in [0.25, 0.3) is 0 Å². The second-order valence-electron chi connectivity index (χ2n) is 10.6. The minimum Gasteiger partial charge on any atom is -0.494 e. The van der Waals surface area contributed by atoms with Gasteiger partial charge in [0.1, 0.15) is 17.2 Å². The van der Waals surface area contributed by atoms with Crippen LogP contribution in [0.2, 0.25) is 0 Å². The Labute approximate surface area is 247 Å². The first-order valence-electron chi connectivity index (χ1n) is 15.4. The first-order valence-corrected chi connectivity index (χ1v) is 15.4. The van der Waals surface area contributed by atoms with Crippen LogP contribution in [0.15, 0.2) is 77.8 Å². The number of carbonyl (C=O) groups excluding carboxylic acids is 1. The third-order valence-electron chi connectivity index (χ3n) is 6.95. The molecule has 0 unspecified atom stereocenters. The summed E-state index contributed by atoms with van der Waals surface area (Å²) in [5, 5.41) is 0.